The van der Waals surface area contributed by atoms with E-state index in [0.717, 1.165) is 50.6 Å². The van der Waals surface area contributed by atoms with Crippen LogP contribution in [0.2, 0.25) is 0 Å². The number of aliphatic hydroxyl groups is 1. The predicted octanol–water partition coefficient (Wildman–Crippen LogP) is 4.12. The molecule has 4 heteroatoms. The number of rotatable bonds is 6. The van der Waals surface area contributed by atoms with Crippen LogP contribution in [-0.2, 0) is 6.54 Å². The molecule has 1 aliphatic heterocycles. The van der Waals surface area contributed by atoms with Gasteiger partial charge in [0.25, 0.3) is 0 Å². The van der Waals surface area contributed by atoms with Crippen LogP contribution in [0, 0.1) is 0 Å². The summed E-state index contributed by atoms with van der Waals surface area (Å²) in [5.74, 6) is 1.13. The Hall–Kier alpha value is -2.30. The molecule has 0 bridgehead atoms. The van der Waals surface area contributed by atoms with Gasteiger partial charge < -0.3 is 9.52 Å². The second-order valence-electron chi connectivity index (χ2n) is 6.49. The van der Waals surface area contributed by atoms with Crippen molar-refractivity contribution in [3.05, 3.63) is 72.2 Å². The number of aliphatic hydroxyl groups excluding tert-OH is 1. The van der Waals surface area contributed by atoms with E-state index in [1.54, 1.807) is 6.08 Å². The fourth-order valence-corrected chi connectivity index (χ4v) is 3.14. The van der Waals surface area contributed by atoms with Crippen LogP contribution >= 0.6 is 0 Å². The number of furan rings is 1. The van der Waals surface area contributed by atoms with Crippen LogP contribution < -0.4 is 0 Å². The third-order valence-corrected chi connectivity index (χ3v) is 4.59. The van der Waals surface area contributed by atoms with Crippen LogP contribution in [0.15, 0.2) is 70.9 Å². The van der Waals surface area contributed by atoms with E-state index >= 15 is 0 Å². The minimum Gasteiger partial charge on any atom is -0.509 e. The van der Waals surface area contributed by atoms with E-state index in [0.29, 0.717) is 0 Å². The van der Waals surface area contributed by atoms with Gasteiger partial charge in [-0.05, 0) is 30.7 Å². The fraction of sp³-hybridized carbons (Fsp3) is 0.333. The molecule has 2 heterocycles. The van der Waals surface area contributed by atoms with Crippen molar-refractivity contribution in [2.45, 2.75) is 13.5 Å². The highest BCUT2D eigenvalue weighted by Crippen LogP contribution is 2.20. The highest BCUT2D eigenvalue weighted by atomic mass is 16.3. The van der Waals surface area contributed by atoms with Crippen LogP contribution in [0.1, 0.15) is 12.7 Å². The van der Waals surface area contributed by atoms with Crippen molar-refractivity contribution in [1.82, 2.24) is 9.80 Å². The summed E-state index contributed by atoms with van der Waals surface area (Å²) in [6.07, 6.45) is 5.66. The summed E-state index contributed by atoms with van der Waals surface area (Å²) in [7, 11) is 0. The molecular formula is C21H26N2O2. The lowest BCUT2D eigenvalue weighted by Crippen LogP contribution is -2.46. The molecule has 0 atom stereocenters. The average molecular weight is 338 g/mol. The Morgan fingerprint density at radius 2 is 1.88 bits per heavy atom. The number of benzene rings is 1. The molecule has 0 amide bonds. The fourth-order valence-electron chi connectivity index (χ4n) is 3.14. The van der Waals surface area contributed by atoms with E-state index in [9.17, 15) is 5.11 Å². The highest BCUT2D eigenvalue weighted by Gasteiger charge is 2.18. The number of fused-ring (bicyclic) bond motifs is 1. The van der Waals surface area contributed by atoms with Gasteiger partial charge in [0.1, 0.15) is 17.1 Å². The van der Waals surface area contributed by atoms with Crippen molar-refractivity contribution in [2.24, 2.45) is 0 Å². The maximum atomic E-state index is 9.19. The summed E-state index contributed by atoms with van der Waals surface area (Å²) in [6.45, 7) is 11.4. The van der Waals surface area contributed by atoms with Gasteiger partial charge >= 0.3 is 0 Å². The Kier molecular flexibility index (Phi) is 5.74. The van der Waals surface area contributed by atoms with E-state index < -0.39 is 0 Å². The summed E-state index contributed by atoms with van der Waals surface area (Å²) in [4.78, 5) is 4.88. The van der Waals surface area contributed by atoms with Gasteiger partial charge in [-0.3, -0.25) is 9.80 Å². The molecule has 1 saturated heterocycles. The zero-order chi connectivity index (χ0) is 17.6. The summed E-state index contributed by atoms with van der Waals surface area (Å²) in [5, 5.41) is 10.4. The van der Waals surface area contributed by atoms with E-state index in [1.165, 1.54) is 11.0 Å². The monoisotopic (exact) mass is 338 g/mol. The number of nitrogens with zero attached hydrogens (tertiary/aromatic N) is 2. The smallest absolute Gasteiger partial charge is 0.134 e. The first-order chi connectivity index (χ1) is 12.1. The lowest BCUT2D eigenvalue weighted by Gasteiger charge is -2.34. The van der Waals surface area contributed by atoms with E-state index in [1.807, 2.05) is 31.2 Å². The first-order valence-corrected chi connectivity index (χ1v) is 8.77. The molecule has 132 valence electrons. The van der Waals surface area contributed by atoms with Crippen molar-refractivity contribution >= 4 is 11.0 Å². The highest BCUT2D eigenvalue weighted by molar-refractivity contribution is 5.77. The second kappa shape index (κ2) is 8.19. The first-order valence-electron chi connectivity index (χ1n) is 8.77. The summed E-state index contributed by atoms with van der Waals surface area (Å²) < 4.78 is 5.93. The second-order valence-corrected chi connectivity index (χ2v) is 6.49. The molecule has 4 nitrogen and oxygen atoms in total. The van der Waals surface area contributed by atoms with Crippen LogP contribution in [-0.4, -0.2) is 47.6 Å². The normalized spacial score (nSPS) is 17.6. The van der Waals surface area contributed by atoms with Crippen LogP contribution in [0.3, 0.4) is 0 Å². The molecule has 0 aliphatic carbocycles. The molecule has 1 fully saturated rings. The third-order valence-electron chi connectivity index (χ3n) is 4.59. The largest absolute Gasteiger partial charge is 0.509 e. The minimum atomic E-state index is 0.0926. The number of hydrogen-bond acceptors (Lipinski definition) is 4. The van der Waals surface area contributed by atoms with E-state index in [2.05, 4.69) is 34.6 Å². The van der Waals surface area contributed by atoms with Gasteiger partial charge in [0, 0.05) is 38.1 Å². The summed E-state index contributed by atoms with van der Waals surface area (Å²) in [5.41, 5.74) is 2.16. The molecule has 1 aromatic carbocycles. The molecule has 25 heavy (non-hydrogen) atoms. The van der Waals surface area contributed by atoms with Crippen molar-refractivity contribution in [3.8, 4) is 0 Å². The van der Waals surface area contributed by atoms with Crippen LogP contribution in [0.25, 0.3) is 11.0 Å². The average Bonchev–Trinajstić information content (AvgIpc) is 3.02. The third kappa shape index (κ3) is 4.84. The zero-order valence-electron chi connectivity index (χ0n) is 14.8. The van der Waals surface area contributed by atoms with Gasteiger partial charge in [0.2, 0.25) is 0 Å². The van der Waals surface area contributed by atoms with E-state index in [4.69, 9.17) is 4.42 Å². The van der Waals surface area contributed by atoms with Crippen LogP contribution in [0.5, 0.6) is 0 Å². The Balaban J connectivity index is 1.50. The lowest BCUT2D eigenvalue weighted by molar-refractivity contribution is 0.129. The van der Waals surface area contributed by atoms with Gasteiger partial charge in [-0.1, -0.05) is 36.9 Å². The summed E-state index contributed by atoms with van der Waals surface area (Å²) in [6, 6.07) is 10.3. The Morgan fingerprint density at radius 1 is 1.16 bits per heavy atom. The molecule has 1 N–H and O–H groups in total. The minimum absolute atomic E-state index is 0.0926. The molecule has 0 unspecified atom stereocenters. The van der Waals surface area contributed by atoms with Crippen molar-refractivity contribution in [2.75, 3.05) is 32.7 Å². The Labute approximate surface area is 149 Å². The zero-order valence-corrected chi connectivity index (χ0v) is 14.8. The standard InChI is InChI=1S/C21H26N2O2/c1-3-18(9-8-17(2)24)15-22-10-12-23(13-11-22)16-20-14-19-6-4-5-7-21(19)25-20/h3-9,14,24H,2,10-13,15-16H2,1H3/b9-8-,18-3+. The quantitative estimate of drug-likeness (QED) is 0.635. The molecule has 3 rings (SSSR count). The molecule has 2 aromatic rings. The van der Waals surface area contributed by atoms with Gasteiger partial charge in [0.05, 0.1) is 6.54 Å². The van der Waals surface area contributed by atoms with Gasteiger partial charge in [-0.15, -0.1) is 0 Å². The maximum absolute atomic E-state index is 9.19. The number of piperazine rings is 1. The topological polar surface area (TPSA) is 39.9 Å². The van der Waals surface area contributed by atoms with Gasteiger partial charge in [-0.25, -0.2) is 0 Å². The van der Waals surface area contributed by atoms with Crippen molar-refractivity contribution in [3.63, 3.8) is 0 Å². The predicted molar refractivity (Wildman–Crippen MR) is 103 cm³/mol. The van der Waals surface area contributed by atoms with Gasteiger partial charge in [-0.2, -0.15) is 0 Å². The number of hydrogen-bond donors (Lipinski definition) is 1. The SMILES string of the molecule is C=C(O)/C=C\C(=C/C)CN1CCN(Cc2cc3ccccc3o2)CC1. The Morgan fingerprint density at radius 3 is 2.56 bits per heavy atom. The van der Waals surface area contributed by atoms with Crippen molar-refractivity contribution < 1.29 is 9.52 Å². The number of allylic oxidation sites excluding steroid dienone is 2. The maximum Gasteiger partial charge on any atom is 0.134 e. The number of para-hydroxylation sites is 1. The first kappa shape index (κ1) is 17.5. The molecule has 1 aliphatic rings. The lowest BCUT2D eigenvalue weighted by atomic mass is 10.2. The molecule has 0 spiro atoms. The van der Waals surface area contributed by atoms with Gasteiger partial charge in [0.15, 0.2) is 0 Å². The Bertz CT molecular complexity index is 747. The molecular weight excluding hydrogens is 312 g/mol. The summed E-state index contributed by atoms with van der Waals surface area (Å²) >= 11 is 0. The van der Waals surface area contributed by atoms with E-state index in [-0.39, 0.29) is 5.76 Å². The molecule has 1 aromatic heterocycles. The molecule has 0 radical (unpaired) electrons. The van der Waals surface area contributed by atoms with Crippen molar-refractivity contribution in [1.29, 1.82) is 0 Å². The molecule has 0 saturated carbocycles. The van der Waals surface area contributed by atoms with Crippen LogP contribution in [0.4, 0.5) is 0 Å².